The van der Waals surface area contributed by atoms with Crippen LogP contribution in [0.1, 0.15) is 39.0 Å². The molecule has 0 saturated carbocycles. The summed E-state index contributed by atoms with van der Waals surface area (Å²) >= 11 is 1.93. The van der Waals surface area contributed by atoms with Crippen LogP contribution in [0.15, 0.2) is 0 Å². The van der Waals surface area contributed by atoms with Crippen LogP contribution < -0.4 is 0 Å². The summed E-state index contributed by atoms with van der Waals surface area (Å²) in [5.41, 5.74) is 0. The third-order valence-corrected chi connectivity index (χ3v) is 5.58. The van der Waals surface area contributed by atoms with E-state index in [4.69, 9.17) is 0 Å². The number of hydrogen-bond donors (Lipinski definition) is 0. The van der Waals surface area contributed by atoms with Crippen molar-refractivity contribution >= 4 is 29.6 Å². The average Bonchev–Trinajstić information content (AvgIpc) is 2.71. The molecule has 1 atom stereocenters. The van der Waals surface area contributed by atoms with Crippen molar-refractivity contribution in [1.29, 1.82) is 0 Å². The number of imide groups is 1. The van der Waals surface area contributed by atoms with Crippen molar-refractivity contribution in [2.24, 2.45) is 0 Å². The van der Waals surface area contributed by atoms with Crippen LogP contribution in [-0.2, 0) is 9.59 Å². The monoisotopic (exact) mass is 341 g/mol. The van der Waals surface area contributed by atoms with Crippen molar-refractivity contribution in [2.75, 3.05) is 39.0 Å². The normalized spacial score (nSPS) is 22.7. The third kappa shape index (κ3) is 4.86. The van der Waals surface area contributed by atoms with Crippen LogP contribution in [0.4, 0.5) is 4.79 Å². The summed E-state index contributed by atoms with van der Waals surface area (Å²) in [5, 5.41) is 0.543. The molecule has 0 aromatic carbocycles. The lowest BCUT2D eigenvalue weighted by atomic mass is 10.2. The molecule has 4 amide bonds. The molecule has 0 aromatic heterocycles. The molecule has 2 fully saturated rings. The van der Waals surface area contributed by atoms with Crippen molar-refractivity contribution in [1.82, 2.24) is 14.7 Å². The molecule has 0 aliphatic carbocycles. The van der Waals surface area contributed by atoms with E-state index in [0.29, 0.717) is 24.6 Å². The summed E-state index contributed by atoms with van der Waals surface area (Å²) in [6.45, 7) is 4.32. The second-order valence-electron chi connectivity index (χ2n) is 6.20. The summed E-state index contributed by atoms with van der Waals surface area (Å²) in [4.78, 5) is 40.5. The minimum absolute atomic E-state index is 0.148. The molecule has 2 aliphatic heterocycles. The van der Waals surface area contributed by atoms with Gasteiger partial charge in [-0.15, -0.1) is 0 Å². The van der Waals surface area contributed by atoms with Crippen LogP contribution in [0.3, 0.4) is 0 Å². The molecule has 2 saturated heterocycles. The standard InChI is InChI=1S/C16H27N3O3S/c1-3-23-13-7-4-5-9-18(11-13)14(20)8-6-10-19-15(21)12-17(2)16(19)22/h13H,3-12H2,1-2H3/t13-/m1/s1. The lowest BCUT2D eigenvalue weighted by Gasteiger charge is -2.24. The van der Waals surface area contributed by atoms with E-state index in [9.17, 15) is 14.4 Å². The molecule has 23 heavy (non-hydrogen) atoms. The van der Waals surface area contributed by atoms with Gasteiger partial charge < -0.3 is 9.80 Å². The molecule has 6 nitrogen and oxygen atoms in total. The number of carbonyl (C=O) groups excluding carboxylic acids is 3. The van der Waals surface area contributed by atoms with E-state index in [0.717, 1.165) is 25.3 Å². The van der Waals surface area contributed by atoms with Crippen LogP contribution in [0.5, 0.6) is 0 Å². The van der Waals surface area contributed by atoms with Gasteiger partial charge in [-0.1, -0.05) is 13.3 Å². The van der Waals surface area contributed by atoms with Crippen molar-refractivity contribution in [3.05, 3.63) is 0 Å². The van der Waals surface area contributed by atoms with Gasteiger partial charge in [0.05, 0.1) is 0 Å². The van der Waals surface area contributed by atoms with Gasteiger partial charge in [0.25, 0.3) is 0 Å². The summed E-state index contributed by atoms with van der Waals surface area (Å²) < 4.78 is 0. The van der Waals surface area contributed by atoms with E-state index in [1.54, 1.807) is 7.05 Å². The fourth-order valence-electron chi connectivity index (χ4n) is 3.14. The van der Waals surface area contributed by atoms with Crippen molar-refractivity contribution < 1.29 is 14.4 Å². The molecule has 130 valence electrons. The number of nitrogens with zero attached hydrogens (tertiary/aromatic N) is 3. The molecular weight excluding hydrogens is 314 g/mol. The Hall–Kier alpha value is -1.24. The molecule has 0 spiro atoms. The highest BCUT2D eigenvalue weighted by molar-refractivity contribution is 7.99. The number of hydrogen-bond acceptors (Lipinski definition) is 4. The first-order valence-corrected chi connectivity index (χ1v) is 9.52. The second-order valence-corrected chi connectivity index (χ2v) is 7.78. The van der Waals surface area contributed by atoms with Crippen molar-refractivity contribution in [3.63, 3.8) is 0 Å². The zero-order valence-electron chi connectivity index (χ0n) is 14.1. The second kappa shape index (κ2) is 8.57. The molecule has 0 N–H and O–H groups in total. The highest BCUT2D eigenvalue weighted by atomic mass is 32.2. The number of carbonyl (C=O) groups is 3. The SMILES string of the molecule is CCS[C@@H]1CCCCN(C(=O)CCCN2C(=O)CN(C)C2=O)C1. The molecular formula is C16H27N3O3S. The fourth-order valence-corrected chi connectivity index (χ4v) is 4.23. The Labute approximate surface area is 142 Å². The first-order chi connectivity index (χ1) is 11.0. The van der Waals surface area contributed by atoms with Gasteiger partial charge in [0, 0.05) is 38.4 Å². The maximum Gasteiger partial charge on any atom is 0.326 e. The molecule has 0 bridgehead atoms. The third-order valence-electron chi connectivity index (χ3n) is 4.39. The molecule has 2 aliphatic rings. The van der Waals surface area contributed by atoms with E-state index in [1.165, 1.54) is 22.6 Å². The Balaban J connectivity index is 1.77. The minimum Gasteiger partial charge on any atom is -0.342 e. The number of rotatable bonds is 6. The van der Waals surface area contributed by atoms with E-state index >= 15 is 0 Å². The van der Waals surface area contributed by atoms with Gasteiger partial charge in [-0.25, -0.2) is 4.79 Å². The molecule has 0 unspecified atom stereocenters. The zero-order chi connectivity index (χ0) is 16.8. The smallest absolute Gasteiger partial charge is 0.326 e. The first-order valence-electron chi connectivity index (χ1n) is 8.47. The van der Waals surface area contributed by atoms with Crippen molar-refractivity contribution in [2.45, 2.75) is 44.3 Å². The number of urea groups is 1. The molecule has 0 aromatic rings. The number of likely N-dealkylation sites (N-methyl/N-ethyl adjacent to an activating group) is 1. The molecule has 7 heteroatoms. The topological polar surface area (TPSA) is 60.9 Å². The van der Waals surface area contributed by atoms with Crippen LogP contribution in [0, 0.1) is 0 Å². The predicted molar refractivity (Wildman–Crippen MR) is 91.3 cm³/mol. The maximum absolute atomic E-state index is 12.4. The molecule has 2 rings (SSSR count). The number of amides is 4. The lowest BCUT2D eigenvalue weighted by molar-refractivity contribution is -0.132. The van der Waals surface area contributed by atoms with Crippen molar-refractivity contribution in [3.8, 4) is 0 Å². The van der Waals surface area contributed by atoms with Gasteiger partial charge in [-0.3, -0.25) is 14.5 Å². The number of likely N-dealkylation sites (tertiary alicyclic amines) is 1. The summed E-state index contributed by atoms with van der Waals surface area (Å²) in [6.07, 6.45) is 4.40. The van der Waals surface area contributed by atoms with E-state index < -0.39 is 0 Å². The van der Waals surface area contributed by atoms with Crippen LogP contribution in [0.25, 0.3) is 0 Å². The Bertz CT molecular complexity index is 458. The maximum atomic E-state index is 12.4. The summed E-state index contributed by atoms with van der Waals surface area (Å²) in [6, 6.07) is -0.253. The largest absolute Gasteiger partial charge is 0.342 e. The molecule has 0 radical (unpaired) electrons. The Kier molecular flexibility index (Phi) is 6.74. The fraction of sp³-hybridized carbons (Fsp3) is 0.812. The van der Waals surface area contributed by atoms with Gasteiger partial charge in [0.1, 0.15) is 6.54 Å². The van der Waals surface area contributed by atoms with Gasteiger partial charge in [-0.05, 0) is 25.0 Å². The minimum atomic E-state index is -0.253. The zero-order valence-corrected chi connectivity index (χ0v) is 14.9. The Morgan fingerprint density at radius 2 is 2.09 bits per heavy atom. The quantitative estimate of drug-likeness (QED) is 0.691. The van der Waals surface area contributed by atoms with Crippen LogP contribution >= 0.6 is 11.8 Å². The Morgan fingerprint density at radius 3 is 2.74 bits per heavy atom. The van der Waals surface area contributed by atoms with E-state index in [1.807, 2.05) is 16.7 Å². The van der Waals surface area contributed by atoms with Gasteiger partial charge in [-0.2, -0.15) is 11.8 Å². The highest BCUT2D eigenvalue weighted by Crippen LogP contribution is 2.22. The Morgan fingerprint density at radius 1 is 1.30 bits per heavy atom. The highest BCUT2D eigenvalue weighted by Gasteiger charge is 2.33. The van der Waals surface area contributed by atoms with E-state index in [2.05, 4.69) is 6.92 Å². The van der Waals surface area contributed by atoms with Gasteiger partial charge in [0.15, 0.2) is 0 Å². The van der Waals surface area contributed by atoms with Crippen LogP contribution in [0.2, 0.25) is 0 Å². The molecule has 2 heterocycles. The van der Waals surface area contributed by atoms with Gasteiger partial charge in [0.2, 0.25) is 11.8 Å². The summed E-state index contributed by atoms with van der Waals surface area (Å²) in [5.74, 6) is 1.07. The van der Waals surface area contributed by atoms with Gasteiger partial charge >= 0.3 is 6.03 Å². The predicted octanol–water partition coefficient (Wildman–Crippen LogP) is 1.79. The van der Waals surface area contributed by atoms with Crippen LogP contribution in [-0.4, -0.2) is 76.8 Å². The number of thioether (sulfide) groups is 1. The summed E-state index contributed by atoms with van der Waals surface area (Å²) in [7, 11) is 1.62. The first kappa shape index (κ1) is 18.1. The van der Waals surface area contributed by atoms with E-state index in [-0.39, 0.29) is 24.4 Å². The average molecular weight is 341 g/mol. The lowest BCUT2D eigenvalue weighted by Crippen LogP contribution is -2.37.